The van der Waals surface area contributed by atoms with E-state index in [0.29, 0.717) is 0 Å². The number of benzene rings is 1. The molecule has 22 heavy (non-hydrogen) atoms. The first kappa shape index (κ1) is 14.4. The topological polar surface area (TPSA) is 110 Å². The van der Waals surface area contributed by atoms with Gasteiger partial charge in [0.1, 0.15) is 6.04 Å². The molecule has 114 valence electrons. The lowest BCUT2D eigenvalue weighted by molar-refractivity contribution is -0.136. The molecule has 3 N–H and O–H groups in total. The summed E-state index contributed by atoms with van der Waals surface area (Å²) in [6.45, 7) is 2.08. The SMILES string of the molecule is Cc1cc2c(cc1CN)C(=O)N(C1CCC(=O)NC1=O)C2=O. The molecule has 1 saturated heterocycles. The van der Waals surface area contributed by atoms with Crippen LogP contribution in [0.15, 0.2) is 12.1 Å². The standard InChI is InChI=1S/C15H15N3O4/c1-7-4-9-10(5-8(7)6-16)15(22)18(14(9)21)11-2-3-12(19)17-13(11)20/h4-5,11H,2-3,6,16H2,1H3,(H,17,19,20). The van der Waals surface area contributed by atoms with Gasteiger partial charge in [0.05, 0.1) is 11.1 Å². The van der Waals surface area contributed by atoms with E-state index in [-0.39, 0.29) is 36.4 Å². The van der Waals surface area contributed by atoms with Gasteiger partial charge in [-0.2, -0.15) is 0 Å². The molecule has 0 saturated carbocycles. The van der Waals surface area contributed by atoms with Gasteiger partial charge >= 0.3 is 0 Å². The lowest BCUT2D eigenvalue weighted by Crippen LogP contribution is -2.54. The highest BCUT2D eigenvalue weighted by atomic mass is 16.2. The summed E-state index contributed by atoms with van der Waals surface area (Å²) in [7, 11) is 0. The third-order valence-electron chi connectivity index (χ3n) is 4.12. The van der Waals surface area contributed by atoms with E-state index >= 15 is 0 Å². The normalized spacial score (nSPS) is 21.2. The number of hydrogen-bond acceptors (Lipinski definition) is 5. The van der Waals surface area contributed by atoms with Crippen LogP contribution in [0.25, 0.3) is 0 Å². The predicted molar refractivity (Wildman–Crippen MR) is 75.7 cm³/mol. The largest absolute Gasteiger partial charge is 0.326 e. The Morgan fingerprint density at radius 3 is 2.41 bits per heavy atom. The average Bonchev–Trinajstić information content (AvgIpc) is 2.70. The molecule has 0 aliphatic carbocycles. The van der Waals surface area contributed by atoms with Crippen molar-refractivity contribution >= 4 is 23.6 Å². The van der Waals surface area contributed by atoms with Gasteiger partial charge in [-0.25, -0.2) is 0 Å². The fraction of sp³-hybridized carbons (Fsp3) is 0.333. The number of nitrogens with one attached hydrogen (secondary N) is 1. The van der Waals surface area contributed by atoms with Crippen molar-refractivity contribution < 1.29 is 19.2 Å². The maximum absolute atomic E-state index is 12.5. The summed E-state index contributed by atoms with van der Waals surface area (Å²) in [6, 6.07) is 2.30. The van der Waals surface area contributed by atoms with Crippen LogP contribution >= 0.6 is 0 Å². The highest BCUT2D eigenvalue weighted by Crippen LogP contribution is 2.29. The van der Waals surface area contributed by atoms with Gasteiger partial charge in [-0.1, -0.05) is 0 Å². The number of amides is 4. The first-order valence-corrected chi connectivity index (χ1v) is 6.99. The van der Waals surface area contributed by atoms with Gasteiger partial charge in [0, 0.05) is 13.0 Å². The Morgan fingerprint density at radius 2 is 1.82 bits per heavy atom. The molecule has 1 unspecified atom stereocenters. The van der Waals surface area contributed by atoms with E-state index in [2.05, 4.69) is 5.32 Å². The second kappa shape index (κ2) is 5.03. The van der Waals surface area contributed by atoms with Crippen molar-refractivity contribution in [1.29, 1.82) is 0 Å². The number of aryl methyl sites for hydroxylation is 1. The molecule has 0 aromatic heterocycles. The smallest absolute Gasteiger partial charge is 0.262 e. The maximum Gasteiger partial charge on any atom is 0.262 e. The summed E-state index contributed by atoms with van der Waals surface area (Å²) in [5, 5.41) is 2.16. The number of carbonyl (C=O) groups excluding carboxylic acids is 4. The van der Waals surface area contributed by atoms with E-state index in [4.69, 9.17) is 5.73 Å². The van der Waals surface area contributed by atoms with Crippen LogP contribution in [0.5, 0.6) is 0 Å². The molecule has 0 spiro atoms. The van der Waals surface area contributed by atoms with Crippen LogP contribution in [-0.2, 0) is 16.1 Å². The van der Waals surface area contributed by atoms with Crippen LogP contribution in [0.1, 0.15) is 44.7 Å². The van der Waals surface area contributed by atoms with Crippen molar-refractivity contribution in [3.05, 3.63) is 34.4 Å². The Labute approximate surface area is 126 Å². The summed E-state index contributed by atoms with van der Waals surface area (Å²) < 4.78 is 0. The molecule has 1 aromatic carbocycles. The molecule has 3 rings (SSSR count). The Bertz CT molecular complexity index is 726. The van der Waals surface area contributed by atoms with Crippen molar-refractivity contribution in [2.45, 2.75) is 32.4 Å². The summed E-state index contributed by atoms with van der Waals surface area (Å²) in [5.41, 5.74) is 7.78. The van der Waals surface area contributed by atoms with Crippen LogP contribution in [0.3, 0.4) is 0 Å². The van der Waals surface area contributed by atoms with E-state index in [9.17, 15) is 19.2 Å². The molecule has 2 heterocycles. The van der Waals surface area contributed by atoms with Crippen molar-refractivity contribution in [2.24, 2.45) is 5.73 Å². The molecule has 0 radical (unpaired) electrons. The Kier molecular flexibility index (Phi) is 3.29. The molecule has 2 aliphatic rings. The third-order valence-corrected chi connectivity index (χ3v) is 4.12. The molecule has 0 bridgehead atoms. The highest BCUT2D eigenvalue weighted by molar-refractivity contribution is 6.23. The number of hydrogen-bond donors (Lipinski definition) is 2. The van der Waals surface area contributed by atoms with Crippen LogP contribution in [0.2, 0.25) is 0 Å². The molecule has 1 atom stereocenters. The molecule has 7 nitrogen and oxygen atoms in total. The lowest BCUT2D eigenvalue weighted by atomic mass is 10.0. The number of fused-ring (bicyclic) bond motifs is 1. The van der Waals surface area contributed by atoms with E-state index in [0.717, 1.165) is 16.0 Å². The number of nitrogens with two attached hydrogens (primary N) is 1. The van der Waals surface area contributed by atoms with Crippen molar-refractivity contribution in [1.82, 2.24) is 10.2 Å². The first-order valence-electron chi connectivity index (χ1n) is 6.99. The van der Waals surface area contributed by atoms with Gasteiger partial charge in [0.15, 0.2) is 0 Å². The highest BCUT2D eigenvalue weighted by Gasteiger charge is 2.44. The minimum Gasteiger partial charge on any atom is -0.326 e. The summed E-state index contributed by atoms with van der Waals surface area (Å²) in [6.07, 6.45) is 0.260. The van der Waals surface area contributed by atoms with Crippen molar-refractivity contribution in [2.75, 3.05) is 0 Å². The molecule has 7 heteroatoms. The second-order valence-electron chi connectivity index (χ2n) is 5.48. The zero-order chi connectivity index (χ0) is 16.0. The molecule has 1 aromatic rings. The molecule has 2 aliphatic heterocycles. The Hall–Kier alpha value is -2.54. The molecule has 4 amide bonds. The van der Waals surface area contributed by atoms with E-state index in [1.54, 1.807) is 12.1 Å². The van der Waals surface area contributed by atoms with Crippen LogP contribution < -0.4 is 11.1 Å². The fourth-order valence-electron chi connectivity index (χ4n) is 2.89. The van der Waals surface area contributed by atoms with Crippen molar-refractivity contribution in [3.8, 4) is 0 Å². The number of nitrogens with zero attached hydrogens (tertiary/aromatic N) is 1. The van der Waals surface area contributed by atoms with Gasteiger partial charge in [-0.15, -0.1) is 0 Å². The van der Waals surface area contributed by atoms with E-state index in [1.807, 2.05) is 6.92 Å². The Balaban J connectivity index is 2.00. The molecular weight excluding hydrogens is 286 g/mol. The number of carbonyl (C=O) groups is 4. The summed E-state index contributed by atoms with van der Waals surface area (Å²) in [5.74, 6) is -2.01. The van der Waals surface area contributed by atoms with E-state index in [1.165, 1.54) is 0 Å². The predicted octanol–water partition coefficient (Wildman–Crippen LogP) is -0.145. The minimum absolute atomic E-state index is 0.108. The molecule has 1 fully saturated rings. The monoisotopic (exact) mass is 301 g/mol. The van der Waals surface area contributed by atoms with Gasteiger partial charge in [0.25, 0.3) is 11.8 Å². The van der Waals surface area contributed by atoms with Gasteiger partial charge in [-0.05, 0) is 36.6 Å². The molecular formula is C15H15N3O4. The van der Waals surface area contributed by atoms with E-state index < -0.39 is 23.8 Å². The van der Waals surface area contributed by atoms with Gasteiger partial charge in [0.2, 0.25) is 11.8 Å². The Morgan fingerprint density at radius 1 is 1.18 bits per heavy atom. The fourth-order valence-corrected chi connectivity index (χ4v) is 2.89. The zero-order valence-corrected chi connectivity index (χ0v) is 12.0. The summed E-state index contributed by atoms with van der Waals surface area (Å²) >= 11 is 0. The lowest BCUT2D eigenvalue weighted by Gasteiger charge is -2.27. The first-order chi connectivity index (χ1) is 10.4. The van der Waals surface area contributed by atoms with Gasteiger partial charge in [-0.3, -0.25) is 29.4 Å². The van der Waals surface area contributed by atoms with Crippen LogP contribution in [0, 0.1) is 6.92 Å². The average molecular weight is 301 g/mol. The minimum atomic E-state index is -0.938. The second-order valence-corrected chi connectivity index (χ2v) is 5.48. The quantitative estimate of drug-likeness (QED) is 0.739. The van der Waals surface area contributed by atoms with Gasteiger partial charge < -0.3 is 5.73 Å². The zero-order valence-electron chi connectivity index (χ0n) is 12.0. The maximum atomic E-state index is 12.5. The number of piperidine rings is 1. The summed E-state index contributed by atoms with van der Waals surface area (Å²) in [4.78, 5) is 49.1. The number of rotatable bonds is 2. The third kappa shape index (κ3) is 2.01. The number of imide groups is 2. The van der Waals surface area contributed by atoms with Crippen molar-refractivity contribution in [3.63, 3.8) is 0 Å². The van der Waals surface area contributed by atoms with Crippen LogP contribution in [0.4, 0.5) is 0 Å². The van der Waals surface area contributed by atoms with Crippen LogP contribution in [-0.4, -0.2) is 34.6 Å².